The zero-order valence-corrected chi connectivity index (χ0v) is 11.4. The lowest BCUT2D eigenvalue weighted by molar-refractivity contribution is 0.0942. The molecule has 0 saturated carbocycles. The van der Waals surface area contributed by atoms with Crippen LogP contribution in [0.3, 0.4) is 0 Å². The van der Waals surface area contributed by atoms with Gasteiger partial charge in [-0.25, -0.2) is 0 Å². The van der Waals surface area contributed by atoms with Gasteiger partial charge in [0, 0.05) is 12.6 Å². The Kier molecular flexibility index (Phi) is 5.69. The van der Waals surface area contributed by atoms with Gasteiger partial charge < -0.3 is 10.1 Å². The van der Waals surface area contributed by atoms with Crippen molar-refractivity contribution in [3.05, 3.63) is 35.9 Å². The summed E-state index contributed by atoms with van der Waals surface area (Å²) < 4.78 is 5.71. The summed E-state index contributed by atoms with van der Waals surface area (Å²) in [5.41, 5.74) is 1.45. The molecule has 0 radical (unpaired) electrons. The van der Waals surface area contributed by atoms with Crippen molar-refractivity contribution in [3.63, 3.8) is 0 Å². The molecule has 0 aromatic heterocycles. The lowest BCUT2D eigenvalue weighted by Gasteiger charge is -2.19. The topological polar surface area (TPSA) is 21.3 Å². The van der Waals surface area contributed by atoms with Gasteiger partial charge in [0.15, 0.2) is 0 Å². The van der Waals surface area contributed by atoms with E-state index in [1.54, 1.807) is 0 Å². The molecule has 0 aliphatic carbocycles. The number of hydrogen-bond acceptors (Lipinski definition) is 2. The highest BCUT2D eigenvalue weighted by molar-refractivity contribution is 5.14. The van der Waals surface area contributed by atoms with Crippen LogP contribution in [0.4, 0.5) is 0 Å². The van der Waals surface area contributed by atoms with Crippen molar-refractivity contribution in [2.75, 3.05) is 13.7 Å². The molecule has 100 valence electrons. The first-order chi connectivity index (χ1) is 8.88. The van der Waals surface area contributed by atoms with Crippen molar-refractivity contribution in [1.29, 1.82) is 0 Å². The van der Waals surface area contributed by atoms with E-state index >= 15 is 0 Å². The Hall–Kier alpha value is -0.860. The summed E-state index contributed by atoms with van der Waals surface area (Å²) in [7, 11) is 2.07. The first-order valence-corrected chi connectivity index (χ1v) is 7.21. The molecule has 1 aliphatic rings. The third kappa shape index (κ3) is 4.43. The molecule has 2 atom stereocenters. The molecule has 1 aromatic rings. The van der Waals surface area contributed by atoms with Crippen LogP contribution in [0.5, 0.6) is 0 Å². The van der Waals surface area contributed by atoms with Crippen LogP contribution in [0.2, 0.25) is 0 Å². The summed E-state index contributed by atoms with van der Waals surface area (Å²) in [5, 5.41) is 3.44. The monoisotopic (exact) mass is 247 g/mol. The predicted octanol–water partition coefficient (Wildman–Crippen LogP) is 3.17. The van der Waals surface area contributed by atoms with E-state index < -0.39 is 0 Å². The van der Waals surface area contributed by atoms with Gasteiger partial charge in [-0.1, -0.05) is 30.3 Å². The molecule has 2 unspecified atom stereocenters. The highest BCUT2D eigenvalue weighted by Crippen LogP contribution is 2.19. The Bertz CT molecular complexity index is 319. The second kappa shape index (κ2) is 7.55. The van der Waals surface area contributed by atoms with E-state index in [9.17, 15) is 0 Å². The average molecular weight is 247 g/mol. The van der Waals surface area contributed by atoms with Crippen molar-refractivity contribution in [1.82, 2.24) is 5.32 Å². The maximum absolute atomic E-state index is 5.71. The van der Waals surface area contributed by atoms with E-state index in [2.05, 4.69) is 42.7 Å². The molecule has 2 nitrogen and oxygen atoms in total. The molecule has 1 aromatic carbocycles. The first kappa shape index (κ1) is 13.6. The normalized spacial score (nSPS) is 21.1. The number of hydrogen-bond donors (Lipinski definition) is 1. The highest BCUT2D eigenvalue weighted by atomic mass is 16.5. The largest absolute Gasteiger partial charge is 0.378 e. The van der Waals surface area contributed by atoms with Gasteiger partial charge in [0.1, 0.15) is 0 Å². The molecule has 1 N–H and O–H groups in total. The number of aryl methyl sites for hydroxylation is 1. The van der Waals surface area contributed by atoms with Crippen molar-refractivity contribution >= 4 is 0 Å². The van der Waals surface area contributed by atoms with E-state index in [0.717, 1.165) is 6.61 Å². The summed E-state index contributed by atoms with van der Waals surface area (Å²) in [5.74, 6) is 0. The van der Waals surface area contributed by atoms with Crippen molar-refractivity contribution in [3.8, 4) is 0 Å². The number of benzene rings is 1. The summed E-state index contributed by atoms with van der Waals surface area (Å²) >= 11 is 0. The molecule has 0 bridgehead atoms. The minimum absolute atomic E-state index is 0.499. The average Bonchev–Trinajstić information content (AvgIpc) is 2.92. The van der Waals surface area contributed by atoms with Crippen LogP contribution >= 0.6 is 0 Å². The summed E-state index contributed by atoms with van der Waals surface area (Å²) in [4.78, 5) is 0. The lowest BCUT2D eigenvalue weighted by atomic mass is 9.99. The Labute approximate surface area is 111 Å². The summed E-state index contributed by atoms with van der Waals surface area (Å²) in [6, 6.07) is 11.4. The third-order valence-electron chi connectivity index (χ3n) is 3.84. The SMILES string of the molecule is CNC(CCCc1ccccc1)CC1CCCO1. The van der Waals surface area contributed by atoms with Gasteiger partial charge >= 0.3 is 0 Å². The minimum Gasteiger partial charge on any atom is -0.378 e. The van der Waals surface area contributed by atoms with Crippen molar-refractivity contribution in [2.45, 2.75) is 50.7 Å². The van der Waals surface area contributed by atoms with Crippen LogP contribution in [0.25, 0.3) is 0 Å². The molecule has 1 saturated heterocycles. The fourth-order valence-corrected chi connectivity index (χ4v) is 2.72. The molecule has 0 amide bonds. The second-order valence-corrected chi connectivity index (χ2v) is 5.23. The molecular weight excluding hydrogens is 222 g/mol. The van der Waals surface area contributed by atoms with Crippen molar-refractivity contribution in [2.24, 2.45) is 0 Å². The van der Waals surface area contributed by atoms with Gasteiger partial charge in [0.05, 0.1) is 6.10 Å². The second-order valence-electron chi connectivity index (χ2n) is 5.23. The lowest BCUT2D eigenvalue weighted by Crippen LogP contribution is -2.29. The Morgan fingerprint density at radius 3 is 2.83 bits per heavy atom. The summed E-state index contributed by atoms with van der Waals surface area (Å²) in [6.45, 7) is 0.963. The van der Waals surface area contributed by atoms with Crippen LogP contribution in [0.15, 0.2) is 30.3 Å². The fourth-order valence-electron chi connectivity index (χ4n) is 2.72. The fraction of sp³-hybridized carbons (Fsp3) is 0.625. The first-order valence-electron chi connectivity index (χ1n) is 7.21. The smallest absolute Gasteiger partial charge is 0.0590 e. The van der Waals surface area contributed by atoms with E-state index in [4.69, 9.17) is 4.74 Å². The van der Waals surface area contributed by atoms with Crippen LogP contribution in [0.1, 0.15) is 37.7 Å². The van der Waals surface area contributed by atoms with Crippen LogP contribution < -0.4 is 5.32 Å². The summed E-state index contributed by atoms with van der Waals surface area (Å²) in [6.07, 6.45) is 7.84. The number of ether oxygens (including phenoxy) is 1. The van der Waals surface area contributed by atoms with Gasteiger partial charge in [0.25, 0.3) is 0 Å². The van der Waals surface area contributed by atoms with Gasteiger partial charge in [-0.15, -0.1) is 0 Å². The maximum atomic E-state index is 5.71. The molecule has 0 spiro atoms. The van der Waals surface area contributed by atoms with Gasteiger partial charge in [-0.05, 0) is 51.1 Å². The molecule has 18 heavy (non-hydrogen) atoms. The number of nitrogens with one attached hydrogen (secondary N) is 1. The third-order valence-corrected chi connectivity index (χ3v) is 3.84. The van der Waals surface area contributed by atoms with E-state index in [-0.39, 0.29) is 0 Å². The zero-order chi connectivity index (χ0) is 12.6. The highest BCUT2D eigenvalue weighted by Gasteiger charge is 2.19. The van der Waals surface area contributed by atoms with E-state index in [0.29, 0.717) is 12.1 Å². The number of rotatable bonds is 7. The van der Waals surface area contributed by atoms with E-state index in [1.165, 1.54) is 44.1 Å². The Morgan fingerprint density at radius 1 is 1.33 bits per heavy atom. The molecule has 1 aliphatic heterocycles. The molecule has 2 rings (SSSR count). The maximum Gasteiger partial charge on any atom is 0.0590 e. The Morgan fingerprint density at radius 2 is 2.17 bits per heavy atom. The minimum atomic E-state index is 0.499. The van der Waals surface area contributed by atoms with Crippen LogP contribution in [-0.4, -0.2) is 25.8 Å². The predicted molar refractivity (Wildman–Crippen MR) is 75.8 cm³/mol. The molecule has 2 heteroatoms. The molecular formula is C16H25NO. The van der Waals surface area contributed by atoms with Crippen molar-refractivity contribution < 1.29 is 4.74 Å². The standard InChI is InChI=1S/C16H25NO/c1-17-15(13-16-11-6-12-18-16)10-5-9-14-7-3-2-4-8-14/h2-4,7-8,15-17H,5-6,9-13H2,1H3. The van der Waals surface area contributed by atoms with Gasteiger partial charge in [-0.2, -0.15) is 0 Å². The van der Waals surface area contributed by atoms with Crippen LogP contribution in [-0.2, 0) is 11.2 Å². The zero-order valence-electron chi connectivity index (χ0n) is 11.4. The Balaban J connectivity index is 1.67. The van der Waals surface area contributed by atoms with Crippen LogP contribution in [0, 0.1) is 0 Å². The van der Waals surface area contributed by atoms with E-state index in [1.807, 2.05) is 0 Å². The van der Waals surface area contributed by atoms with Gasteiger partial charge in [-0.3, -0.25) is 0 Å². The molecule has 1 fully saturated rings. The van der Waals surface area contributed by atoms with Gasteiger partial charge in [0.2, 0.25) is 0 Å². The quantitative estimate of drug-likeness (QED) is 0.799. The molecule has 1 heterocycles.